The summed E-state index contributed by atoms with van der Waals surface area (Å²) in [6.07, 6.45) is 7.75. The van der Waals surface area contributed by atoms with E-state index in [1.807, 2.05) is 32.9 Å². The first-order chi connectivity index (χ1) is 13.2. The first-order valence-electron chi connectivity index (χ1n) is 9.64. The fraction of sp³-hybridized carbons (Fsp3) is 0.737. The zero-order valence-electron chi connectivity index (χ0n) is 16.9. The lowest BCUT2D eigenvalue weighted by molar-refractivity contribution is -0.0630. The van der Waals surface area contributed by atoms with E-state index in [4.69, 9.17) is 14.0 Å². The molecule has 3 atom stereocenters. The van der Waals surface area contributed by atoms with Gasteiger partial charge in [0.1, 0.15) is 5.60 Å². The fourth-order valence-electron chi connectivity index (χ4n) is 3.14. The van der Waals surface area contributed by atoms with Crippen LogP contribution in [0.1, 0.15) is 51.2 Å². The van der Waals surface area contributed by atoms with Crippen molar-refractivity contribution in [2.45, 2.75) is 62.9 Å². The first kappa shape index (κ1) is 21.0. The van der Waals surface area contributed by atoms with E-state index in [1.165, 1.54) is 0 Å². The Morgan fingerprint density at radius 3 is 2.68 bits per heavy atom. The van der Waals surface area contributed by atoms with Crippen molar-refractivity contribution in [3.05, 3.63) is 23.9 Å². The van der Waals surface area contributed by atoms with Crippen LogP contribution >= 0.6 is 0 Å². The number of nitrogens with zero attached hydrogens (tertiary/aromatic N) is 3. The predicted molar refractivity (Wildman–Crippen MR) is 105 cm³/mol. The number of rotatable bonds is 6. The van der Waals surface area contributed by atoms with Crippen LogP contribution in [-0.4, -0.2) is 68.2 Å². The van der Waals surface area contributed by atoms with Crippen LogP contribution in [0.5, 0.6) is 0 Å². The molecule has 1 aromatic rings. The number of hydrogen-bond donors (Lipinski definition) is 0. The highest BCUT2D eigenvalue weighted by atomic mass is 32.2. The minimum absolute atomic E-state index is 0.0167. The van der Waals surface area contributed by atoms with Gasteiger partial charge in [-0.15, -0.1) is 0 Å². The molecule has 0 spiro atoms. The van der Waals surface area contributed by atoms with Gasteiger partial charge in [-0.2, -0.15) is 4.98 Å². The number of ether oxygens (including phenoxy) is 2. The highest BCUT2D eigenvalue weighted by molar-refractivity contribution is 7.85. The molecular formula is C19H29N3O5S. The summed E-state index contributed by atoms with van der Waals surface area (Å²) < 4.78 is 27.9. The maximum Gasteiger partial charge on any atom is 0.410 e. The monoisotopic (exact) mass is 411 g/mol. The van der Waals surface area contributed by atoms with Crippen LogP contribution in [0.2, 0.25) is 0 Å². The highest BCUT2D eigenvalue weighted by Gasteiger charge is 2.34. The number of allylic oxidation sites excluding steroid dienone is 1. The minimum Gasteiger partial charge on any atom is -0.444 e. The average molecular weight is 412 g/mol. The zero-order chi connectivity index (χ0) is 20.3. The average Bonchev–Trinajstić information content (AvgIpc) is 3.04. The van der Waals surface area contributed by atoms with Gasteiger partial charge >= 0.3 is 6.09 Å². The second-order valence-corrected chi connectivity index (χ2v) is 9.88. The van der Waals surface area contributed by atoms with E-state index in [0.29, 0.717) is 37.8 Å². The van der Waals surface area contributed by atoms with E-state index in [2.05, 4.69) is 10.1 Å². The van der Waals surface area contributed by atoms with Crippen molar-refractivity contribution >= 4 is 16.9 Å². The number of likely N-dealkylation sites (tertiary alicyclic amines) is 1. The number of aromatic nitrogens is 2. The molecule has 3 rings (SSSR count). The summed E-state index contributed by atoms with van der Waals surface area (Å²) in [5.74, 6) is 1.34. The molecule has 1 fully saturated rings. The molecule has 1 aromatic heterocycles. The van der Waals surface area contributed by atoms with Crippen molar-refractivity contribution in [2.24, 2.45) is 0 Å². The van der Waals surface area contributed by atoms with Gasteiger partial charge < -0.3 is 18.9 Å². The zero-order valence-corrected chi connectivity index (χ0v) is 17.7. The lowest BCUT2D eigenvalue weighted by Crippen LogP contribution is -2.56. The lowest BCUT2D eigenvalue weighted by Gasteiger charge is -2.39. The first-order valence-corrected chi connectivity index (χ1v) is 11.3. The Morgan fingerprint density at radius 2 is 2.07 bits per heavy atom. The molecule has 28 heavy (non-hydrogen) atoms. The molecule has 0 bridgehead atoms. The van der Waals surface area contributed by atoms with Crippen LogP contribution in [0.15, 0.2) is 16.7 Å². The van der Waals surface area contributed by atoms with Crippen molar-refractivity contribution in [1.29, 1.82) is 0 Å². The molecule has 156 valence electrons. The smallest absolute Gasteiger partial charge is 0.410 e. The summed E-state index contributed by atoms with van der Waals surface area (Å²) in [6.45, 7) is 7.09. The molecule has 1 aliphatic carbocycles. The molecular weight excluding hydrogens is 382 g/mol. The Labute approximate surface area is 168 Å². The summed E-state index contributed by atoms with van der Waals surface area (Å²) in [4.78, 5) is 18.0. The normalized spacial score (nSPS) is 24.1. The minimum atomic E-state index is -0.833. The highest BCUT2D eigenvalue weighted by Crippen LogP contribution is 2.27. The molecule has 0 radical (unpaired) electrons. The molecule has 8 nitrogen and oxygen atoms in total. The van der Waals surface area contributed by atoms with Crippen molar-refractivity contribution in [3.63, 3.8) is 0 Å². The third kappa shape index (κ3) is 5.64. The summed E-state index contributed by atoms with van der Waals surface area (Å²) in [5.41, 5.74) is -0.485. The second kappa shape index (κ2) is 8.73. The van der Waals surface area contributed by atoms with E-state index < -0.39 is 16.4 Å². The fourth-order valence-corrected chi connectivity index (χ4v) is 3.92. The van der Waals surface area contributed by atoms with E-state index in [1.54, 1.807) is 11.2 Å². The Morgan fingerprint density at radius 1 is 1.32 bits per heavy atom. The summed E-state index contributed by atoms with van der Waals surface area (Å²) >= 11 is 0. The van der Waals surface area contributed by atoms with Crippen LogP contribution in [0.25, 0.3) is 0 Å². The van der Waals surface area contributed by atoms with E-state index in [0.717, 1.165) is 12.8 Å². The van der Waals surface area contributed by atoms with Crippen LogP contribution in [0.4, 0.5) is 4.79 Å². The maximum absolute atomic E-state index is 11.9. The third-order valence-corrected chi connectivity index (χ3v) is 5.98. The van der Waals surface area contributed by atoms with E-state index in [-0.39, 0.29) is 23.4 Å². The molecule has 3 unspecified atom stereocenters. The van der Waals surface area contributed by atoms with Crippen molar-refractivity contribution in [3.8, 4) is 0 Å². The van der Waals surface area contributed by atoms with Gasteiger partial charge in [0, 0.05) is 23.0 Å². The van der Waals surface area contributed by atoms with Gasteiger partial charge in [-0.05, 0) is 33.6 Å². The van der Waals surface area contributed by atoms with Gasteiger partial charge in [-0.1, -0.05) is 17.3 Å². The molecule has 0 N–H and O–H groups in total. The van der Waals surface area contributed by atoms with Gasteiger partial charge in [0.25, 0.3) is 0 Å². The molecule has 2 aliphatic rings. The van der Waals surface area contributed by atoms with E-state index in [9.17, 15) is 9.00 Å². The number of carbonyl (C=O) groups excluding carboxylic acids is 1. The molecule has 0 saturated carbocycles. The van der Waals surface area contributed by atoms with Gasteiger partial charge in [0.15, 0.2) is 5.82 Å². The molecule has 1 amide bonds. The van der Waals surface area contributed by atoms with Crippen LogP contribution in [0.3, 0.4) is 0 Å². The third-order valence-electron chi connectivity index (χ3n) is 4.73. The predicted octanol–water partition coefficient (Wildman–Crippen LogP) is 2.43. The summed E-state index contributed by atoms with van der Waals surface area (Å²) in [6, 6.07) is 0. The Hall–Kier alpha value is -1.74. The Kier molecular flexibility index (Phi) is 6.54. The maximum atomic E-state index is 11.9. The lowest BCUT2D eigenvalue weighted by atomic mass is 9.95. The largest absolute Gasteiger partial charge is 0.444 e. The summed E-state index contributed by atoms with van der Waals surface area (Å²) in [5, 5.41) is 4.20. The molecule has 0 aromatic carbocycles. The second-order valence-electron chi connectivity index (χ2n) is 8.28. The SMILES string of the molecule is CS(=O)C1C=CC(c2noc(CCOC3CN(C(=O)OC(C)(C)C)C3)n2)CC1. The topological polar surface area (TPSA) is 94.8 Å². The number of amides is 1. The van der Waals surface area contributed by atoms with Crippen LogP contribution in [0, 0.1) is 0 Å². The molecule has 9 heteroatoms. The standard InChI is InChI=1S/C19H29N3O5S/c1-19(2,3)26-18(23)22-11-14(12-22)25-10-9-16-20-17(21-27-16)13-5-7-15(8-6-13)28(4)24/h5,7,13-15H,6,8-12H2,1-4H3. The van der Waals surface area contributed by atoms with Gasteiger partial charge in [-0.25, -0.2) is 4.79 Å². The van der Waals surface area contributed by atoms with E-state index >= 15 is 0 Å². The van der Waals surface area contributed by atoms with Gasteiger partial charge in [0.05, 0.1) is 37.5 Å². The van der Waals surface area contributed by atoms with Gasteiger partial charge in [-0.3, -0.25) is 4.21 Å². The Balaban J connectivity index is 1.37. The number of carbonyl (C=O) groups is 1. The Bertz CT molecular complexity index is 736. The van der Waals surface area contributed by atoms with Crippen molar-refractivity contribution < 1.29 is 23.0 Å². The van der Waals surface area contributed by atoms with Crippen LogP contribution < -0.4 is 0 Å². The van der Waals surface area contributed by atoms with Crippen molar-refractivity contribution in [1.82, 2.24) is 15.0 Å². The van der Waals surface area contributed by atoms with Gasteiger partial charge in [0.2, 0.25) is 5.89 Å². The number of hydrogen-bond acceptors (Lipinski definition) is 7. The quantitative estimate of drug-likeness (QED) is 0.664. The van der Waals surface area contributed by atoms with Crippen molar-refractivity contribution in [2.75, 3.05) is 26.0 Å². The van der Waals surface area contributed by atoms with Crippen LogP contribution in [-0.2, 0) is 26.7 Å². The molecule has 1 saturated heterocycles. The summed E-state index contributed by atoms with van der Waals surface area (Å²) in [7, 11) is -0.833. The molecule has 1 aliphatic heterocycles. The molecule has 2 heterocycles.